The van der Waals surface area contributed by atoms with Gasteiger partial charge in [-0.15, -0.1) is 0 Å². The number of fused-ring (bicyclic) bond motifs is 1. The summed E-state index contributed by atoms with van der Waals surface area (Å²) in [6.07, 6.45) is 3.17. The number of ether oxygens (including phenoxy) is 1. The molecule has 0 amide bonds. The first-order valence-corrected chi connectivity index (χ1v) is 7.10. The van der Waals surface area contributed by atoms with Gasteiger partial charge in [0, 0.05) is 10.9 Å². The summed E-state index contributed by atoms with van der Waals surface area (Å²) < 4.78 is 7.01. The van der Waals surface area contributed by atoms with E-state index in [0.717, 1.165) is 36.1 Å². The van der Waals surface area contributed by atoms with Gasteiger partial charge in [0.25, 0.3) is 0 Å². The molecule has 0 spiro atoms. The van der Waals surface area contributed by atoms with E-state index in [1.54, 1.807) is 0 Å². The maximum absolute atomic E-state index is 5.86. The summed E-state index contributed by atoms with van der Waals surface area (Å²) in [4.78, 5) is 0. The minimum atomic E-state index is 0.844. The van der Waals surface area contributed by atoms with E-state index in [9.17, 15) is 0 Å². The van der Waals surface area contributed by atoms with Crippen molar-refractivity contribution in [2.24, 2.45) is 0 Å². The highest BCUT2D eigenvalue weighted by atomic mass is 79.9. The van der Waals surface area contributed by atoms with Gasteiger partial charge in [-0.1, -0.05) is 46.3 Å². The Bertz CT molecular complexity index is 549. The molecule has 2 aromatic carbocycles. The van der Waals surface area contributed by atoms with E-state index in [2.05, 4.69) is 58.4 Å². The van der Waals surface area contributed by atoms with E-state index in [-0.39, 0.29) is 0 Å². The minimum absolute atomic E-state index is 0.844. The van der Waals surface area contributed by atoms with Crippen LogP contribution in [0.5, 0.6) is 5.75 Å². The van der Waals surface area contributed by atoms with Gasteiger partial charge in [-0.05, 0) is 41.7 Å². The zero-order valence-electron chi connectivity index (χ0n) is 10.2. The van der Waals surface area contributed by atoms with Crippen LogP contribution in [-0.2, 0) is 12.8 Å². The Labute approximate surface area is 116 Å². The molecule has 0 bridgehead atoms. The second kappa shape index (κ2) is 5.15. The summed E-state index contributed by atoms with van der Waals surface area (Å²) in [5.41, 5.74) is 3.94. The molecule has 0 aliphatic carbocycles. The average molecular weight is 303 g/mol. The number of hydrogen-bond acceptors (Lipinski definition) is 1. The minimum Gasteiger partial charge on any atom is -0.493 e. The predicted molar refractivity (Wildman–Crippen MR) is 77.2 cm³/mol. The predicted octanol–water partition coefficient (Wildman–Crippen LogP) is 4.36. The van der Waals surface area contributed by atoms with Gasteiger partial charge in [-0.3, -0.25) is 0 Å². The number of aryl methyl sites for hydroxylation is 1. The lowest BCUT2D eigenvalue weighted by Gasteiger charge is -2.21. The van der Waals surface area contributed by atoms with E-state index in [4.69, 9.17) is 4.74 Å². The Morgan fingerprint density at radius 3 is 2.78 bits per heavy atom. The van der Waals surface area contributed by atoms with Crippen LogP contribution in [0.4, 0.5) is 0 Å². The van der Waals surface area contributed by atoms with Crippen LogP contribution in [0.1, 0.15) is 23.1 Å². The third-order valence-corrected chi connectivity index (χ3v) is 3.74. The van der Waals surface area contributed by atoms with Crippen LogP contribution in [0.2, 0.25) is 0 Å². The maximum Gasteiger partial charge on any atom is 0.126 e. The number of benzene rings is 2. The SMILES string of the molecule is Brc1cc2c(c(Cc3ccccc3)c1)OCCC2. The lowest BCUT2D eigenvalue weighted by Crippen LogP contribution is -2.10. The Morgan fingerprint density at radius 2 is 1.94 bits per heavy atom. The monoisotopic (exact) mass is 302 g/mol. The lowest BCUT2D eigenvalue weighted by atomic mass is 9.98. The van der Waals surface area contributed by atoms with Gasteiger partial charge in [-0.25, -0.2) is 0 Å². The number of rotatable bonds is 2. The molecule has 1 heterocycles. The van der Waals surface area contributed by atoms with Crippen LogP contribution in [0.15, 0.2) is 46.9 Å². The summed E-state index contributed by atoms with van der Waals surface area (Å²) in [7, 11) is 0. The number of halogens is 1. The summed E-state index contributed by atoms with van der Waals surface area (Å²) in [5.74, 6) is 1.10. The highest BCUT2D eigenvalue weighted by Crippen LogP contribution is 2.33. The molecule has 0 saturated heterocycles. The fourth-order valence-corrected chi connectivity index (χ4v) is 3.02. The van der Waals surface area contributed by atoms with E-state index in [1.165, 1.54) is 16.7 Å². The van der Waals surface area contributed by atoms with Gasteiger partial charge < -0.3 is 4.74 Å². The smallest absolute Gasteiger partial charge is 0.126 e. The standard InChI is InChI=1S/C16H15BrO/c17-15-10-13-7-4-8-18-16(13)14(11-15)9-12-5-2-1-3-6-12/h1-3,5-6,10-11H,4,7-9H2. The molecule has 2 aromatic rings. The molecule has 2 heteroatoms. The van der Waals surface area contributed by atoms with Crippen molar-refractivity contribution >= 4 is 15.9 Å². The molecule has 0 fully saturated rings. The van der Waals surface area contributed by atoms with Crippen molar-refractivity contribution in [1.82, 2.24) is 0 Å². The summed E-state index contributed by atoms with van der Waals surface area (Å²) in [6.45, 7) is 0.844. The second-order valence-corrected chi connectivity index (χ2v) is 5.58. The fourth-order valence-electron chi connectivity index (χ4n) is 2.47. The van der Waals surface area contributed by atoms with Crippen molar-refractivity contribution in [2.45, 2.75) is 19.3 Å². The quantitative estimate of drug-likeness (QED) is 0.800. The van der Waals surface area contributed by atoms with Crippen molar-refractivity contribution in [3.05, 3.63) is 63.6 Å². The molecular formula is C16H15BrO. The van der Waals surface area contributed by atoms with E-state index in [1.807, 2.05) is 0 Å². The molecule has 0 N–H and O–H groups in total. The van der Waals surface area contributed by atoms with E-state index < -0.39 is 0 Å². The molecule has 0 radical (unpaired) electrons. The lowest BCUT2D eigenvalue weighted by molar-refractivity contribution is 0.285. The first-order valence-electron chi connectivity index (χ1n) is 6.31. The van der Waals surface area contributed by atoms with Gasteiger partial charge in [-0.2, -0.15) is 0 Å². The van der Waals surface area contributed by atoms with Crippen molar-refractivity contribution in [3.63, 3.8) is 0 Å². The summed E-state index contributed by atoms with van der Waals surface area (Å²) in [5, 5.41) is 0. The normalized spacial score (nSPS) is 13.8. The zero-order valence-corrected chi connectivity index (χ0v) is 11.7. The molecule has 1 aliphatic rings. The molecule has 1 aliphatic heterocycles. The maximum atomic E-state index is 5.86. The van der Waals surface area contributed by atoms with E-state index >= 15 is 0 Å². The van der Waals surface area contributed by atoms with Crippen molar-refractivity contribution in [2.75, 3.05) is 6.61 Å². The molecule has 3 rings (SSSR count). The first kappa shape index (κ1) is 11.8. The van der Waals surface area contributed by atoms with Crippen LogP contribution in [0.3, 0.4) is 0 Å². The van der Waals surface area contributed by atoms with Gasteiger partial charge >= 0.3 is 0 Å². The van der Waals surface area contributed by atoms with Gasteiger partial charge in [0.15, 0.2) is 0 Å². The van der Waals surface area contributed by atoms with Crippen LogP contribution in [-0.4, -0.2) is 6.61 Å². The third-order valence-electron chi connectivity index (χ3n) is 3.28. The molecule has 92 valence electrons. The van der Waals surface area contributed by atoms with Crippen LogP contribution >= 0.6 is 15.9 Å². The molecule has 18 heavy (non-hydrogen) atoms. The van der Waals surface area contributed by atoms with E-state index in [0.29, 0.717) is 0 Å². The fraction of sp³-hybridized carbons (Fsp3) is 0.250. The topological polar surface area (TPSA) is 9.23 Å². The first-order chi connectivity index (χ1) is 8.83. The van der Waals surface area contributed by atoms with Crippen molar-refractivity contribution in [3.8, 4) is 5.75 Å². The van der Waals surface area contributed by atoms with Crippen LogP contribution < -0.4 is 4.74 Å². The highest BCUT2D eigenvalue weighted by Gasteiger charge is 2.15. The molecule has 0 atom stereocenters. The average Bonchev–Trinajstić information content (AvgIpc) is 2.40. The Kier molecular flexibility index (Phi) is 3.37. The van der Waals surface area contributed by atoms with Crippen LogP contribution in [0.25, 0.3) is 0 Å². The molecule has 0 unspecified atom stereocenters. The highest BCUT2D eigenvalue weighted by molar-refractivity contribution is 9.10. The van der Waals surface area contributed by atoms with Crippen molar-refractivity contribution < 1.29 is 4.74 Å². The second-order valence-electron chi connectivity index (χ2n) is 4.67. The van der Waals surface area contributed by atoms with Gasteiger partial charge in [0.2, 0.25) is 0 Å². The molecule has 0 aromatic heterocycles. The largest absolute Gasteiger partial charge is 0.493 e. The summed E-state index contributed by atoms with van der Waals surface area (Å²) >= 11 is 3.60. The molecular weight excluding hydrogens is 288 g/mol. The Balaban J connectivity index is 1.98. The van der Waals surface area contributed by atoms with Gasteiger partial charge in [0.1, 0.15) is 5.75 Å². The van der Waals surface area contributed by atoms with Crippen molar-refractivity contribution in [1.29, 1.82) is 0 Å². The summed E-state index contributed by atoms with van der Waals surface area (Å²) in [6, 6.07) is 14.9. The Hall–Kier alpha value is -1.28. The Morgan fingerprint density at radius 1 is 1.11 bits per heavy atom. The molecule has 1 nitrogen and oxygen atoms in total. The van der Waals surface area contributed by atoms with Crippen LogP contribution in [0, 0.1) is 0 Å². The van der Waals surface area contributed by atoms with Gasteiger partial charge in [0.05, 0.1) is 6.61 Å². The zero-order chi connectivity index (χ0) is 12.4. The third kappa shape index (κ3) is 2.44. The number of hydrogen-bond donors (Lipinski definition) is 0. The molecule has 0 saturated carbocycles.